The van der Waals surface area contributed by atoms with E-state index in [9.17, 15) is 4.21 Å². The Bertz CT molecular complexity index is 606. The molecule has 1 aliphatic rings. The third-order valence-electron chi connectivity index (χ3n) is 4.40. The Labute approximate surface area is 128 Å². The van der Waals surface area contributed by atoms with Gasteiger partial charge < -0.3 is 0 Å². The first-order valence-electron chi connectivity index (χ1n) is 7.11. The molecule has 1 fully saturated rings. The van der Waals surface area contributed by atoms with Crippen LogP contribution in [-0.4, -0.2) is 12.4 Å². The Morgan fingerprint density at radius 1 is 1.20 bits per heavy atom. The molecule has 0 spiro atoms. The van der Waals surface area contributed by atoms with Crippen molar-refractivity contribution in [2.45, 2.75) is 62.6 Å². The van der Waals surface area contributed by atoms with Crippen molar-refractivity contribution in [3.63, 3.8) is 0 Å². The fraction of sp³-hybridized carbons (Fsp3) is 0.600. The van der Waals surface area contributed by atoms with Crippen molar-refractivity contribution in [2.24, 2.45) is 4.03 Å². The van der Waals surface area contributed by atoms with E-state index >= 15 is 0 Å². The van der Waals surface area contributed by atoms with E-state index in [1.54, 1.807) is 0 Å². The number of benzene rings is 1. The summed E-state index contributed by atoms with van der Waals surface area (Å²) in [6.07, 6.45) is 2.54. The molecule has 0 aromatic heterocycles. The van der Waals surface area contributed by atoms with E-state index in [0.717, 1.165) is 0 Å². The van der Waals surface area contributed by atoms with Gasteiger partial charge in [-0.2, -0.15) is 0 Å². The number of hydrogen-bond donors (Lipinski definition) is 0. The van der Waals surface area contributed by atoms with Gasteiger partial charge in [0.25, 0.3) is 0 Å². The van der Waals surface area contributed by atoms with Crippen molar-refractivity contribution in [3.05, 3.63) is 29.8 Å². The van der Waals surface area contributed by atoms with Crippen LogP contribution in [0.2, 0.25) is 18.1 Å². The Morgan fingerprint density at radius 2 is 1.70 bits per heavy atom. The lowest BCUT2D eigenvalue weighted by Crippen LogP contribution is -2.35. The zero-order chi connectivity index (χ0) is 15.2. The maximum absolute atomic E-state index is 12.8. The molecule has 20 heavy (non-hydrogen) atoms. The highest BCUT2D eigenvalue weighted by Crippen LogP contribution is 2.41. The summed E-state index contributed by atoms with van der Waals surface area (Å²) >= 11 is 0. The molecule has 0 bridgehead atoms. The minimum absolute atomic E-state index is 0.0402. The topological polar surface area (TPSA) is 29.4 Å². The molecule has 112 valence electrons. The van der Waals surface area contributed by atoms with E-state index in [0.29, 0.717) is 10.8 Å². The second-order valence-electron chi connectivity index (χ2n) is 7.20. The molecule has 1 atom stereocenters. The van der Waals surface area contributed by atoms with Gasteiger partial charge in [-0.05, 0) is 54.6 Å². The average molecular weight is 330 g/mol. The van der Waals surface area contributed by atoms with Gasteiger partial charge in [-0.3, -0.25) is 4.03 Å². The second kappa shape index (κ2) is 5.15. The molecule has 0 radical (unpaired) electrons. The Hall–Kier alpha value is -0.323. The molecule has 1 unspecified atom stereocenters. The molecule has 1 aromatic carbocycles. The van der Waals surface area contributed by atoms with E-state index < -0.39 is 17.2 Å². The van der Waals surface area contributed by atoms with Crippen LogP contribution in [0.1, 0.15) is 45.1 Å². The van der Waals surface area contributed by atoms with Crippen LogP contribution in [0.15, 0.2) is 33.2 Å². The van der Waals surface area contributed by atoms with E-state index in [1.807, 2.05) is 12.1 Å². The van der Waals surface area contributed by atoms with Crippen molar-refractivity contribution in [1.82, 2.24) is 0 Å². The molecule has 2 rings (SSSR count). The zero-order valence-corrected chi connectivity index (χ0v) is 15.5. The van der Waals surface area contributed by atoms with Crippen LogP contribution >= 0.6 is 10.7 Å². The molecule has 0 heterocycles. The maximum Gasteiger partial charge on any atom is 0.194 e. The summed E-state index contributed by atoms with van der Waals surface area (Å²) in [7, 11) is 1.45. The van der Waals surface area contributed by atoms with Crippen LogP contribution in [0.5, 0.6) is 0 Å². The average Bonchev–Trinajstić information content (AvgIpc) is 3.10. The number of rotatable bonds is 3. The smallest absolute Gasteiger partial charge is 0.194 e. The first-order valence-corrected chi connectivity index (χ1v) is 12.4. The summed E-state index contributed by atoms with van der Waals surface area (Å²) in [6, 6.07) is 7.88. The van der Waals surface area contributed by atoms with Gasteiger partial charge in [-0.15, -0.1) is 0 Å². The van der Waals surface area contributed by atoms with Crippen LogP contribution < -0.4 is 0 Å². The van der Waals surface area contributed by atoms with Crippen LogP contribution in [0.25, 0.3) is 0 Å². The molecule has 1 saturated carbocycles. The fourth-order valence-corrected chi connectivity index (χ4v) is 8.01. The first-order chi connectivity index (χ1) is 9.03. The lowest BCUT2D eigenvalue weighted by Gasteiger charge is -2.32. The predicted molar refractivity (Wildman–Crippen MR) is 90.3 cm³/mol. The molecule has 0 N–H and O–H groups in total. The van der Waals surface area contributed by atoms with Gasteiger partial charge >= 0.3 is 0 Å². The third-order valence-corrected chi connectivity index (χ3v) is 12.8. The van der Waals surface area contributed by atoms with Crippen LogP contribution in [0.4, 0.5) is 0 Å². The minimum atomic E-state index is -2.81. The maximum atomic E-state index is 12.8. The van der Waals surface area contributed by atoms with Crippen molar-refractivity contribution in [1.29, 1.82) is 0 Å². The zero-order valence-electron chi connectivity index (χ0n) is 12.9. The fourth-order valence-electron chi connectivity index (χ4n) is 1.81. The highest BCUT2D eigenvalue weighted by Gasteiger charge is 2.37. The van der Waals surface area contributed by atoms with Gasteiger partial charge in [-0.25, -0.2) is 4.21 Å². The van der Waals surface area contributed by atoms with E-state index in [4.69, 9.17) is 10.7 Å². The molecular formula is C15H24ClNOSSi. The quantitative estimate of drug-likeness (QED) is 0.528. The van der Waals surface area contributed by atoms with E-state index in [2.05, 4.69) is 50.0 Å². The number of hydrogen-bond acceptors (Lipinski definition) is 2. The van der Waals surface area contributed by atoms with Gasteiger partial charge in [0.05, 0.1) is 4.90 Å². The largest absolute Gasteiger partial charge is 0.261 e. The number of halogens is 1. The standard InChI is InChI=1S/C15H24ClNOSSi/c1-15(2,3)20(4,5)17-19(16,18)14-10-8-13(9-11-14)12-6-7-12/h8-12H,6-7H2,1-5H3. The van der Waals surface area contributed by atoms with Crippen LogP contribution in [0, 0.1) is 0 Å². The summed E-state index contributed by atoms with van der Waals surface area (Å²) in [6.45, 7) is 10.7. The van der Waals surface area contributed by atoms with Crippen LogP contribution in [0.3, 0.4) is 0 Å². The van der Waals surface area contributed by atoms with Gasteiger partial charge in [0.2, 0.25) is 0 Å². The van der Waals surface area contributed by atoms with Crippen molar-refractivity contribution >= 4 is 27.9 Å². The van der Waals surface area contributed by atoms with Gasteiger partial charge in [0.1, 0.15) is 0 Å². The second-order valence-corrected chi connectivity index (χ2v) is 15.2. The van der Waals surface area contributed by atoms with Gasteiger partial charge in [0.15, 0.2) is 17.2 Å². The molecule has 1 aliphatic carbocycles. The summed E-state index contributed by atoms with van der Waals surface area (Å²) in [5.41, 5.74) is 1.33. The monoisotopic (exact) mass is 329 g/mol. The van der Waals surface area contributed by atoms with E-state index in [-0.39, 0.29) is 5.04 Å². The Balaban J connectivity index is 2.36. The molecule has 0 aliphatic heterocycles. The third kappa shape index (κ3) is 3.46. The SMILES string of the molecule is CC(C)(C)[Si](C)(C)N=S(=O)(Cl)c1ccc(C2CC2)cc1. The number of nitrogens with zero attached hydrogens (tertiary/aromatic N) is 1. The van der Waals surface area contributed by atoms with Crippen molar-refractivity contribution in [3.8, 4) is 0 Å². The highest BCUT2D eigenvalue weighted by molar-refractivity contribution is 8.16. The summed E-state index contributed by atoms with van der Waals surface area (Å²) < 4.78 is 17.4. The molecular weight excluding hydrogens is 306 g/mol. The minimum Gasteiger partial charge on any atom is -0.261 e. The van der Waals surface area contributed by atoms with E-state index in [1.165, 1.54) is 18.4 Å². The predicted octanol–water partition coefficient (Wildman–Crippen LogP) is 5.55. The van der Waals surface area contributed by atoms with Crippen molar-refractivity contribution in [2.75, 3.05) is 0 Å². The normalized spacial score (nSPS) is 19.5. The van der Waals surface area contributed by atoms with Crippen molar-refractivity contribution < 1.29 is 4.21 Å². The molecule has 1 aromatic rings. The Kier molecular flexibility index (Phi) is 4.13. The lowest BCUT2D eigenvalue weighted by molar-refractivity contribution is 0.683. The van der Waals surface area contributed by atoms with Crippen LogP contribution in [-0.2, 0) is 8.94 Å². The lowest BCUT2D eigenvalue weighted by atomic mass is 10.1. The Morgan fingerprint density at radius 3 is 2.10 bits per heavy atom. The summed E-state index contributed by atoms with van der Waals surface area (Å²) in [4.78, 5) is 0.647. The summed E-state index contributed by atoms with van der Waals surface area (Å²) in [5, 5.41) is 0.0402. The van der Waals surface area contributed by atoms with Gasteiger partial charge in [-0.1, -0.05) is 32.9 Å². The highest BCUT2D eigenvalue weighted by atomic mass is 35.7. The first kappa shape index (κ1) is 16.1. The van der Waals surface area contributed by atoms with Gasteiger partial charge in [0, 0.05) is 10.7 Å². The molecule has 5 heteroatoms. The molecule has 2 nitrogen and oxygen atoms in total. The molecule has 0 saturated heterocycles. The molecule has 0 amide bonds. The summed E-state index contributed by atoms with van der Waals surface area (Å²) in [5.74, 6) is 0.702.